The largest absolute Gasteiger partial charge is 0.254 e. The Morgan fingerprint density at radius 2 is 1.04 bits per heavy atom. The van der Waals surface area contributed by atoms with Gasteiger partial charge in [-0.2, -0.15) is 5.10 Å². The van der Waals surface area contributed by atoms with Gasteiger partial charge in [-0.05, 0) is 58.0 Å². The van der Waals surface area contributed by atoms with Crippen molar-refractivity contribution in [3.63, 3.8) is 0 Å². The predicted molar refractivity (Wildman–Crippen MR) is 211 cm³/mol. The average Bonchev–Trinajstić information content (AvgIpc) is 3.62. The number of hydrogen-bond donors (Lipinski definition) is 0. The summed E-state index contributed by atoms with van der Waals surface area (Å²) in [5.41, 5.74) is 12.7. The summed E-state index contributed by atoms with van der Waals surface area (Å²) in [6.45, 7) is 0. The van der Waals surface area contributed by atoms with Gasteiger partial charge in [0.25, 0.3) is 0 Å². The van der Waals surface area contributed by atoms with E-state index in [4.69, 9.17) is 10.1 Å². The maximum absolute atomic E-state index is 5.36. The summed E-state index contributed by atoms with van der Waals surface area (Å²) < 4.78 is 2.12. The molecule has 238 valence electrons. The van der Waals surface area contributed by atoms with Crippen molar-refractivity contribution < 1.29 is 0 Å². The molecule has 4 nitrogen and oxygen atoms in total. The third kappa shape index (κ3) is 4.96. The number of para-hydroxylation sites is 1. The van der Waals surface area contributed by atoms with Gasteiger partial charge in [0.15, 0.2) is 0 Å². The topological polar surface area (TPSA) is 43.6 Å². The predicted octanol–water partition coefficient (Wildman–Crippen LogP) is 11.9. The average molecular weight is 651 g/mol. The molecule has 3 heterocycles. The molecule has 51 heavy (non-hydrogen) atoms. The molecular formula is C47H30N4. The molecule has 0 unspecified atom stereocenters. The first-order valence-electron chi connectivity index (χ1n) is 17.2. The van der Waals surface area contributed by atoms with Gasteiger partial charge in [0.05, 0.1) is 27.9 Å². The zero-order valence-corrected chi connectivity index (χ0v) is 27.6. The van der Waals surface area contributed by atoms with Crippen LogP contribution in [-0.4, -0.2) is 19.7 Å². The maximum atomic E-state index is 5.36. The third-order valence-electron chi connectivity index (χ3n) is 9.86. The molecule has 3 aromatic heterocycles. The van der Waals surface area contributed by atoms with E-state index in [0.717, 1.165) is 72.0 Å². The van der Waals surface area contributed by atoms with Crippen molar-refractivity contribution in [2.24, 2.45) is 0 Å². The Balaban J connectivity index is 1.07. The minimum atomic E-state index is 0.927. The summed E-state index contributed by atoms with van der Waals surface area (Å²) in [5.74, 6) is 0. The molecule has 0 N–H and O–H groups in total. The quantitative estimate of drug-likeness (QED) is 0.174. The van der Waals surface area contributed by atoms with E-state index in [1.165, 1.54) is 21.9 Å². The van der Waals surface area contributed by atoms with Crippen molar-refractivity contribution in [1.82, 2.24) is 19.7 Å². The lowest BCUT2D eigenvalue weighted by Crippen LogP contribution is -1.96. The van der Waals surface area contributed by atoms with Crippen LogP contribution in [-0.2, 0) is 0 Å². The molecule has 0 aliphatic carbocycles. The van der Waals surface area contributed by atoms with Crippen molar-refractivity contribution in [2.45, 2.75) is 0 Å². The Morgan fingerprint density at radius 3 is 1.80 bits per heavy atom. The summed E-state index contributed by atoms with van der Waals surface area (Å²) >= 11 is 0. The fourth-order valence-corrected chi connectivity index (χ4v) is 7.33. The first-order valence-corrected chi connectivity index (χ1v) is 17.2. The van der Waals surface area contributed by atoms with E-state index in [1.807, 2.05) is 18.3 Å². The molecule has 10 rings (SSSR count). The number of nitrogens with zero attached hydrogens (tertiary/aromatic N) is 4. The van der Waals surface area contributed by atoms with Gasteiger partial charge in [-0.15, -0.1) is 0 Å². The molecule has 0 aliphatic rings. The van der Waals surface area contributed by atoms with E-state index in [2.05, 4.69) is 173 Å². The van der Waals surface area contributed by atoms with Gasteiger partial charge in [0, 0.05) is 38.9 Å². The van der Waals surface area contributed by atoms with Crippen LogP contribution in [0.15, 0.2) is 182 Å². The Kier molecular flexibility index (Phi) is 6.78. The van der Waals surface area contributed by atoms with Crippen molar-refractivity contribution >= 4 is 43.5 Å². The third-order valence-corrected chi connectivity index (χ3v) is 9.86. The number of benzene rings is 7. The molecule has 0 bridgehead atoms. The van der Waals surface area contributed by atoms with Crippen LogP contribution >= 0.6 is 0 Å². The molecule has 10 aromatic rings. The fraction of sp³-hybridized carbons (Fsp3) is 0. The fourth-order valence-electron chi connectivity index (χ4n) is 7.33. The van der Waals surface area contributed by atoms with Crippen LogP contribution < -0.4 is 0 Å². The molecule has 0 radical (unpaired) electrons. The van der Waals surface area contributed by atoms with Crippen LogP contribution in [0.4, 0.5) is 0 Å². The minimum Gasteiger partial charge on any atom is -0.254 e. The van der Waals surface area contributed by atoms with E-state index in [1.54, 1.807) is 0 Å². The summed E-state index contributed by atoms with van der Waals surface area (Å²) in [7, 11) is 0. The molecule has 0 aliphatic heterocycles. The Hall–Kier alpha value is -6.91. The van der Waals surface area contributed by atoms with Crippen molar-refractivity contribution in [3.05, 3.63) is 182 Å². The minimum absolute atomic E-state index is 0.927. The SMILES string of the molecule is c1ccc(-c2cc3ccccc3c3c2c(-c2ccc(-c4ccc(-c5ccc6ccc7cccnc7c6n5)cc4)cc2)nn3-c2ccccc2)cc1. The van der Waals surface area contributed by atoms with Crippen LogP contribution in [0.1, 0.15) is 0 Å². The second-order valence-electron chi connectivity index (χ2n) is 12.9. The van der Waals surface area contributed by atoms with Gasteiger partial charge < -0.3 is 0 Å². The molecule has 0 amide bonds. The monoisotopic (exact) mass is 650 g/mol. The van der Waals surface area contributed by atoms with Crippen LogP contribution in [0.3, 0.4) is 0 Å². The number of pyridine rings is 2. The summed E-state index contributed by atoms with van der Waals surface area (Å²) in [4.78, 5) is 9.67. The Morgan fingerprint density at radius 1 is 0.431 bits per heavy atom. The van der Waals surface area contributed by atoms with Gasteiger partial charge in [-0.1, -0.05) is 146 Å². The summed E-state index contributed by atoms with van der Waals surface area (Å²) in [6, 6.07) is 62.0. The number of hydrogen-bond acceptors (Lipinski definition) is 3. The van der Waals surface area contributed by atoms with E-state index >= 15 is 0 Å². The van der Waals surface area contributed by atoms with Gasteiger partial charge in [-0.3, -0.25) is 4.98 Å². The van der Waals surface area contributed by atoms with Gasteiger partial charge in [0.2, 0.25) is 0 Å². The highest BCUT2D eigenvalue weighted by Gasteiger charge is 2.21. The number of aromatic nitrogens is 4. The zero-order valence-electron chi connectivity index (χ0n) is 27.6. The Bertz CT molecular complexity index is 2880. The molecule has 7 aromatic carbocycles. The number of fused-ring (bicyclic) bond motifs is 6. The molecule has 0 spiro atoms. The molecule has 0 saturated carbocycles. The van der Waals surface area contributed by atoms with E-state index in [-0.39, 0.29) is 0 Å². The zero-order chi connectivity index (χ0) is 33.7. The van der Waals surface area contributed by atoms with Gasteiger partial charge in [-0.25, -0.2) is 9.67 Å². The van der Waals surface area contributed by atoms with E-state index in [9.17, 15) is 0 Å². The van der Waals surface area contributed by atoms with Crippen molar-refractivity contribution in [2.75, 3.05) is 0 Å². The van der Waals surface area contributed by atoms with Crippen LogP contribution in [0.25, 0.3) is 93.9 Å². The lowest BCUT2D eigenvalue weighted by Gasteiger charge is -2.11. The van der Waals surface area contributed by atoms with E-state index < -0.39 is 0 Å². The summed E-state index contributed by atoms with van der Waals surface area (Å²) in [6.07, 6.45) is 1.83. The maximum Gasteiger partial charge on any atom is 0.101 e. The molecule has 0 fully saturated rings. The van der Waals surface area contributed by atoms with Crippen LogP contribution in [0, 0.1) is 0 Å². The second kappa shape index (κ2) is 11.9. The molecule has 0 atom stereocenters. The van der Waals surface area contributed by atoms with Crippen molar-refractivity contribution in [3.8, 4) is 50.5 Å². The standard InChI is InChI=1S/C47H30N4/c1-3-10-33(11-4-1)41-30-38-12-7-8-16-40(38)47-43(41)44(50-51(47)39-14-5-2-6-15-39)36-23-19-32(20-24-36)31-17-21-34(22-18-31)42-28-27-37-26-25-35-13-9-29-48-45(35)46(37)49-42/h1-30H. The summed E-state index contributed by atoms with van der Waals surface area (Å²) in [5, 5.41) is 11.1. The highest BCUT2D eigenvalue weighted by molar-refractivity contribution is 6.17. The van der Waals surface area contributed by atoms with Crippen LogP contribution in [0.5, 0.6) is 0 Å². The molecule has 0 saturated heterocycles. The Labute approximate surface area is 294 Å². The van der Waals surface area contributed by atoms with Crippen LogP contribution in [0.2, 0.25) is 0 Å². The van der Waals surface area contributed by atoms with E-state index in [0.29, 0.717) is 0 Å². The van der Waals surface area contributed by atoms with Gasteiger partial charge in [0.1, 0.15) is 5.69 Å². The molecule has 4 heteroatoms. The lowest BCUT2D eigenvalue weighted by molar-refractivity contribution is 0.918. The van der Waals surface area contributed by atoms with Crippen molar-refractivity contribution in [1.29, 1.82) is 0 Å². The lowest BCUT2D eigenvalue weighted by atomic mass is 9.93. The number of rotatable bonds is 5. The highest BCUT2D eigenvalue weighted by Crippen LogP contribution is 2.42. The van der Waals surface area contributed by atoms with Gasteiger partial charge >= 0.3 is 0 Å². The highest BCUT2D eigenvalue weighted by atomic mass is 15.3. The molecular weight excluding hydrogens is 621 g/mol. The first kappa shape index (κ1) is 29.0. The normalized spacial score (nSPS) is 11.5. The smallest absolute Gasteiger partial charge is 0.101 e. The first-order chi connectivity index (χ1) is 25.3. The second-order valence-corrected chi connectivity index (χ2v) is 12.9.